The van der Waals surface area contributed by atoms with Gasteiger partial charge in [0.25, 0.3) is 0 Å². The van der Waals surface area contributed by atoms with Crippen molar-refractivity contribution >= 4 is 17.6 Å². The van der Waals surface area contributed by atoms with Gasteiger partial charge in [-0.05, 0) is 17.7 Å². The minimum atomic E-state index is -0.680. The minimum Gasteiger partial charge on any atom is -0.464 e. The first-order valence-corrected chi connectivity index (χ1v) is 6.67. The number of rotatable bonds is 6. The third kappa shape index (κ3) is 4.36. The average molecular weight is 294 g/mol. The van der Waals surface area contributed by atoms with Crippen molar-refractivity contribution in [3.63, 3.8) is 0 Å². The van der Waals surface area contributed by atoms with Crippen LogP contribution in [0.25, 0.3) is 0 Å². The Bertz CT molecular complexity index is 540. The summed E-state index contributed by atoms with van der Waals surface area (Å²) in [6.07, 6.45) is 4.22. The molecule has 1 aromatic heterocycles. The summed E-state index contributed by atoms with van der Waals surface area (Å²) >= 11 is 5.80. The first kappa shape index (κ1) is 14.6. The lowest BCUT2D eigenvalue weighted by atomic mass is 10.1. The number of carbonyl (C=O) groups is 1. The van der Waals surface area contributed by atoms with Crippen LogP contribution in [0.5, 0.6) is 0 Å². The molecule has 2 aromatic rings. The summed E-state index contributed by atoms with van der Waals surface area (Å²) in [5, 5.41) is 0.687. The number of hydrogen-bond acceptors (Lipinski definition) is 4. The van der Waals surface area contributed by atoms with E-state index < -0.39 is 12.0 Å². The molecular weight excluding hydrogens is 278 g/mol. The van der Waals surface area contributed by atoms with E-state index in [0.717, 1.165) is 11.3 Å². The standard InChI is InChI=1S/C14H16ClN3O2/c15-11-3-1-10(2-4-11)5-6-20-14(19)13(16)7-12-8-17-9-18-12/h1-4,8-9,13H,5-7,16H2,(H,17,18)/t13-/m0/s1. The van der Waals surface area contributed by atoms with Crippen molar-refractivity contribution in [1.82, 2.24) is 9.97 Å². The highest BCUT2D eigenvalue weighted by molar-refractivity contribution is 6.30. The molecular formula is C14H16ClN3O2. The number of hydrogen-bond donors (Lipinski definition) is 2. The molecule has 0 saturated carbocycles. The number of esters is 1. The number of nitrogens with two attached hydrogens (primary N) is 1. The van der Waals surface area contributed by atoms with Gasteiger partial charge in [0.05, 0.1) is 12.9 Å². The van der Waals surface area contributed by atoms with E-state index in [0.29, 0.717) is 24.5 Å². The third-order valence-corrected chi connectivity index (χ3v) is 3.10. The van der Waals surface area contributed by atoms with Crippen LogP contribution in [0.3, 0.4) is 0 Å². The maximum atomic E-state index is 11.7. The van der Waals surface area contributed by atoms with E-state index >= 15 is 0 Å². The fourth-order valence-corrected chi connectivity index (χ4v) is 1.87. The molecule has 2 rings (SSSR count). The lowest BCUT2D eigenvalue weighted by molar-refractivity contribution is -0.145. The van der Waals surface area contributed by atoms with Crippen molar-refractivity contribution in [2.45, 2.75) is 18.9 Å². The molecule has 0 radical (unpaired) electrons. The van der Waals surface area contributed by atoms with E-state index in [1.165, 1.54) is 0 Å². The number of aromatic nitrogens is 2. The van der Waals surface area contributed by atoms with Gasteiger partial charge in [0.15, 0.2) is 0 Å². The second-order valence-electron chi connectivity index (χ2n) is 4.43. The van der Waals surface area contributed by atoms with Crippen LogP contribution in [0, 0.1) is 0 Å². The van der Waals surface area contributed by atoms with Gasteiger partial charge in [-0.2, -0.15) is 0 Å². The van der Waals surface area contributed by atoms with Gasteiger partial charge >= 0.3 is 5.97 Å². The van der Waals surface area contributed by atoms with Crippen molar-refractivity contribution < 1.29 is 9.53 Å². The van der Waals surface area contributed by atoms with Crippen molar-refractivity contribution in [1.29, 1.82) is 0 Å². The molecule has 1 atom stereocenters. The van der Waals surface area contributed by atoms with Crippen LogP contribution >= 0.6 is 11.6 Å². The molecule has 0 saturated heterocycles. The number of ether oxygens (including phenoxy) is 1. The second kappa shape index (κ2) is 7.07. The van der Waals surface area contributed by atoms with Crippen LogP contribution < -0.4 is 5.73 Å². The van der Waals surface area contributed by atoms with Gasteiger partial charge in [0.2, 0.25) is 0 Å². The number of H-pyrrole nitrogens is 1. The number of nitrogens with zero attached hydrogens (tertiary/aromatic N) is 1. The molecule has 0 aliphatic heterocycles. The van der Waals surface area contributed by atoms with Crippen molar-refractivity contribution in [2.75, 3.05) is 6.61 Å². The minimum absolute atomic E-state index is 0.303. The summed E-state index contributed by atoms with van der Waals surface area (Å²) in [6.45, 7) is 0.303. The molecule has 6 heteroatoms. The summed E-state index contributed by atoms with van der Waals surface area (Å²) in [5.74, 6) is -0.409. The Kier molecular flexibility index (Phi) is 5.15. The Morgan fingerprint density at radius 1 is 1.40 bits per heavy atom. The number of imidazole rings is 1. The largest absolute Gasteiger partial charge is 0.464 e. The van der Waals surface area contributed by atoms with Crippen LogP contribution in [0.15, 0.2) is 36.8 Å². The van der Waals surface area contributed by atoms with Gasteiger partial charge in [-0.3, -0.25) is 4.79 Å². The topological polar surface area (TPSA) is 81.0 Å². The predicted octanol–water partition coefficient (Wildman–Crippen LogP) is 1.72. The van der Waals surface area contributed by atoms with E-state index in [1.807, 2.05) is 24.3 Å². The molecule has 5 nitrogen and oxygen atoms in total. The number of nitrogens with one attached hydrogen (secondary N) is 1. The van der Waals surface area contributed by atoms with E-state index in [-0.39, 0.29) is 0 Å². The summed E-state index contributed by atoms with van der Waals surface area (Å²) < 4.78 is 5.16. The second-order valence-corrected chi connectivity index (χ2v) is 4.87. The summed E-state index contributed by atoms with van der Waals surface area (Å²) in [5.41, 5.74) is 7.64. The smallest absolute Gasteiger partial charge is 0.323 e. The molecule has 0 aliphatic carbocycles. The first-order valence-electron chi connectivity index (χ1n) is 6.29. The molecule has 20 heavy (non-hydrogen) atoms. The van der Waals surface area contributed by atoms with Crippen LogP contribution in [0.1, 0.15) is 11.3 Å². The lowest BCUT2D eigenvalue weighted by Gasteiger charge is -2.10. The number of halogens is 1. The Morgan fingerprint density at radius 2 is 2.15 bits per heavy atom. The molecule has 1 aromatic carbocycles. The quantitative estimate of drug-likeness (QED) is 0.795. The molecule has 0 fully saturated rings. The van der Waals surface area contributed by atoms with Crippen molar-refractivity contribution in [3.05, 3.63) is 53.1 Å². The van der Waals surface area contributed by atoms with E-state index in [4.69, 9.17) is 22.1 Å². The van der Waals surface area contributed by atoms with Gasteiger partial charge < -0.3 is 15.5 Å². The van der Waals surface area contributed by atoms with Crippen LogP contribution in [0.4, 0.5) is 0 Å². The van der Waals surface area contributed by atoms with Crippen molar-refractivity contribution in [2.24, 2.45) is 5.73 Å². The normalized spacial score (nSPS) is 12.1. The van der Waals surface area contributed by atoms with Gasteiger partial charge in [0.1, 0.15) is 6.04 Å². The Balaban J connectivity index is 1.73. The molecule has 1 heterocycles. The number of benzene rings is 1. The zero-order valence-corrected chi connectivity index (χ0v) is 11.6. The Labute approximate surface area is 122 Å². The highest BCUT2D eigenvalue weighted by Crippen LogP contribution is 2.10. The monoisotopic (exact) mass is 293 g/mol. The number of aromatic amines is 1. The van der Waals surface area contributed by atoms with E-state index in [9.17, 15) is 4.79 Å². The highest BCUT2D eigenvalue weighted by Gasteiger charge is 2.16. The first-order chi connectivity index (χ1) is 9.65. The third-order valence-electron chi connectivity index (χ3n) is 2.85. The summed E-state index contributed by atoms with van der Waals surface area (Å²) in [7, 11) is 0. The molecule has 106 valence electrons. The van der Waals surface area contributed by atoms with Crippen LogP contribution in [0.2, 0.25) is 5.02 Å². The number of carbonyl (C=O) groups excluding carboxylic acids is 1. The molecule has 0 unspecified atom stereocenters. The Hall–Kier alpha value is -1.85. The molecule has 0 aliphatic rings. The summed E-state index contributed by atoms with van der Waals surface area (Å²) in [6, 6.07) is 6.74. The summed E-state index contributed by atoms with van der Waals surface area (Å²) in [4.78, 5) is 18.5. The zero-order chi connectivity index (χ0) is 14.4. The van der Waals surface area contributed by atoms with Gasteiger partial charge in [-0.1, -0.05) is 23.7 Å². The van der Waals surface area contributed by atoms with Gasteiger partial charge in [-0.25, -0.2) is 4.98 Å². The maximum absolute atomic E-state index is 11.7. The maximum Gasteiger partial charge on any atom is 0.323 e. The zero-order valence-electron chi connectivity index (χ0n) is 10.9. The average Bonchev–Trinajstić information content (AvgIpc) is 2.93. The SMILES string of the molecule is N[C@@H](Cc1cnc[nH]1)C(=O)OCCc1ccc(Cl)cc1. The fraction of sp³-hybridized carbons (Fsp3) is 0.286. The van der Waals surface area contributed by atoms with Crippen LogP contribution in [-0.4, -0.2) is 28.6 Å². The predicted molar refractivity (Wildman–Crippen MR) is 76.4 cm³/mol. The molecule has 3 N–H and O–H groups in total. The van der Waals surface area contributed by atoms with Crippen LogP contribution in [-0.2, 0) is 22.4 Å². The van der Waals surface area contributed by atoms with Gasteiger partial charge in [-0.15, -0.1) is 0 Å². The van der Waals surface area contributed by atoms with Gasteiger partial charge in [0, 0.05) is 29.8 Å². The molecule has 0 amide bonds. The fourth-order valence-electron chi connectivity index (χ4n) is 1.74. The van der Waals surface area contributed by atoms with Crippen molar-refractivity contribution in [3.8, 4) is 0 Å². The Morgan fingerprint density at radius 3 is 2.80 bits per heavy atom. The van der Waals surface area contributed by atoms with E-state index in [1.54, 1.807) is 12.5 Å². The molecule has 0 bridgehead atoms. The highest BCUT2D eigenvalue weighted by atomic mass is 35.5. The lowest BCUT2D eigenvalue weighted by Crippen LogP contribution is -2.34. The molecule has 0 spiro atoms. The van der Waals surface area contributed by atoms with E-state index in [2.05, 4.69) is 9.97 Å².